The Morgan fingerprint density at radius 1 is 0.806 bits per heavy atom. The van der Waals surface area contributed by atoms with Crippen LogP contribution in [0, 0.1) is 5.92 Å². The van der Waals surface area contributed by atoms with Crippen molar-refractivity contribution < 1.29 is 4.79 Å². The predicted molar refractivity (Wildman–Crippen MR) is 148 cm³/mol. The van der Waals surface area contributed by atoms with Crippen LogP contribution in [0.3, 0.4) is 0 Å². The second-order valence-electron chi connectivity index (χ2n) is 10.5. The highest BCUT2D eigenvalue weighted by Crippen LogP contribution is 2.33. The second-order valence-corrected chi connectivity index (χ2v) is 10.5. The first kappa shape index (κ1) is 24.6. The van der Waals surface area contributed by atoms with E-state index in [1.807, 2.05) is 11.0 Å². The van der Waals surface area contributed by atoms with Crippen LogP contribution in [-0.4, -0.2) is 42.0 Å². The van der Waals surface area contributed by atoms with Crippen molar-refractivity contribution in [3.8, 4) is 0 Å². The summed E-state index contributed by atoms with van der Waals surface area (Å²) in [7, 11) is 0. The number of benzene rings is 3. The van der Waals surface area contributed by atoms with Gasteiger partial charge in [0.2, 0.25) is 0 Å². The molecule has 0 bridgehead atoms. The number of rotatable bonds is 6. The van der Waals surface area contributed by atoms with Crippen LogP contribution in [0.15, 0.2) is 84.9 Å². The number of para-hydroxylation sites is 1. The molecule has 1 atom stereocenters. The molecule has 0 aromatic heterocycles. The van der Waals surface area contributed by atoms with Crippen molar-refractivity contribution in [1.82, 2.24) is 9.80 Å². The Hall–Kier alpha value is -3.11. The van der Waals surface area contributed by atoms with Gasteiger partial charge < -0.3 is 10.2 Å². The topological polar surface area (TPSA) is 35.6 Å². The fourth-order valence-electron chi connectivity index (χ4n) is 6.00. The number of piperidine rings is 2. The van der Waals surface area contributed by atoms with Crippen LogP contribution in [0.5, 0.6) is 0 Å². The average molecular weight is 482 g/mol. The number of amides is 2. The lowest BCUT2D eigenvalue weighted by molar-refractivity contribution is 0.141. The van der Waals surface area contributed by atoms with E-state index in [1.165, 1.54) is 36.0 Å². The molecule has 2 amide bonds. The third-order valence-corrected chi connectivity index (χ3v) is 8.27. The van der Waals surface area contributed by atoms with Crippen LogP contribution in [0.2, 0.25) is 0 Å². The Morgan fingerprint density at radius 2 is 1.42 bits per heavy atom. The van der Waals surface area contributed by atoms with Gasteiger partial charge in [0.15, 0.2) is 0 Å². The SMILES string of the molecule is CC(c1ccccc1NC(=O)N1CCC(c2ccccc2)CC1)N1CCC(Cc2ccccc2)CC1. The lowest BCUT2D eigenvalue weighted by Crippen LogP contribution is -2.41. The largest absolute Gasteiger partial charge is 0.324 e. The maximum absolute atomic E-state index is 13.2. The summed E-state index contributed by atoms with van der Waals surface area (Å²) in [6, 6.07) is 30.2. The summed E-state index contributed by atoms with van der Waals surface area (Å²) in [5.41, 5.74) is 5.01. The minimum Gasteiger partial charge on any atom is -0.324 e. The summed E-state index contributed by atoms with van der Waals surface area (Å²) >= 11 is 0. The van der Waals surface area contributed by atoms with Crippen LogP contribution in [0.1, 0.15) is 61.3 Å². The summed E-state index contributed by atoms with van der Waals surface area (Å²) in [6.45, 7) is 6.10. The molecule has 4 nitrogen and oxygen atoms in total. The number of anilines is 1. The van der Waals surface area contributed by atoms with Gasteiger partial charge in [0, 0.05) is 24.8 Å². The molecule has 0 aliphatic carbocycles. The third-order valence-electron chi connectivity index (χ3n) is 8.27. The fourth-order valence-corrected chi connectivity index (χ4v) is 6.00. The molecule has 2 aliphatic heterocycles. The number of likely N-dealkylation sites (tertiary alicyclic amines) is 2. The molecule has 3 aromatic rings. The van der Waals surface area contributed by atoms with Crippen LogP contribution < -0.4 is 5.32 Å². The van der Waals surface area contributed by atoms with E-state index < -0.39 is 0 Å². The second kappa shape index (κ2) is 11.7. The van der Waals surface area contributed by atoms with Gasteiger partial charge in [-0.05, 0) is 86.7 Å². The van der Waals surface area contributed by atoms with Crippen molar-refractivity contribution in [2.24, 2.45) is 5.92 Å². The monoisotopic (exact) mass is 481 g/mol. The molecule has 36 heavy (non-hydrogen) atoms. The molecule has 0 saturated carbocycles. The number of carbonyl (C=O) groups is 1. The van der Waals surface area contributed by atoms with Crippen molar-refractivity contribution in [2.45, 2.75) is 51.0 Å². The summed E-state index contributed by atoms with van der Waals surface area (Å²) < 4.78 is 0. The van der Waals surface area contributed by atoms with Gasteiger partial charge in [-0.1, -0.05) is 78.9 Å². The Balaban J connectivity index is 1.15. The zero-order chi connectivity index (χ0) is 24.7. The first-order chi connectivity index (χ1) is 17.7. The molecule has 2 aliphatic rings. The normalized spacial score (nSPS) is 18.6. The van der Waals surface area contributed by atoms with Crippen LogP contribution in [0.25, 0.3) is 0 Å². The van der Waals surface area contributed by atoms with Gasteiger partial charge in [-0.15, -0.1) is 0 Å². The molecular formula is C32H39N3O. The predicted octanol–water partition coefficient (Wildman–Crippen LogP) is 7.11. The van der Waals surface area contributed by atoms with Crippen LogP contribution in [-0.2, 0) is 6.42 Å². The van der Waals surface area contributed by atoms with Gasteiger partial charge in [-0.3, -0.25) is 4.90 Å². The van der Waals surface area contributed by atoms with Crippen molar-refractivity contribution >= 4 is 11.7 Å². The molecule has 1 unspecified atom stereocenters. The fraction of sp³-hybridized carbons (Fsp3) is 0.406. The molecule has 5 rings (SSSR count). The molecule has 3 aromatic carbocycles. The van der Waals surface area contributed by atoms with Crippen LogP contribution in [0.4, 0.5) is 10.5 Å². The standard InChI is InChI=1S/C32H39N3O/c1-25(34-20-16-27(17-21-34)24-26-10-4-2-5-11-26)30-14-8-9-15-31(30)33-32(36)35-22-18-29(19-23-35)28-12-6-3-7-13-28/h2-15,25,27,29H,16-24H2,1H3,(H,33,36). The van der Waals surface area contributed by atoms with E-state index in [0.29, 0.717) is 5.92 Å². The van der Waals surface area contributed by atoms with Crippen molar-refractivity contribution in [3.63, 3.8) is 0 Å². The van der Waals surface area contributed by atoms with E-state index in [0.717, 1.165) is 50.6 Å². The number of urea groups is 1. The van der Waals surface area contributed by atoms with Gasteiger partial charge in [0.05, 0.1) is 0 Å². The third kappa shape index (κ3) is 5.99. The highest BCUT2D eigenvalue weighted by molar-refractivity contribution is 5.90. The first-order valence-electron chi connectivity index (χ1n) is 13.6. The van der Waals surface area contributed by atoms with E-state index >= 15 is 0 Å². The smallest absolute Gasteiger partial charge is 0.321 e. The molecule has 0 spiro atoms. The number of hydrogen-bond donors (Lipinski definition) is 1. The Bertz CT molecular complexity index is 1100. The molecule has 2 heterocycles. The number of hydrogen-bond acceptors (Lipinski definition) is 2. The molecule has 4 heteroatoms. The van der Waals surface area contributed by atoms with Crippen LogP contribution >= 0.6 is 0 Å². The van der Waals surface area contributed by atoms with Crippen molar-refractivity contribution in [3.05, 3.63) is 102 Å². The van der Waals surface area contributed by atoms with Gasteiger partial charge in [-0.25, -0.2) is 4.79 Å². The van der Waals surface area contributed by atoms with Gasteiger partial charge in [0.1, 0.15) is 0 Å². The zero-order valence-corrected chi connectivity index (χ0v) is 21.5. The molecule has 1 N–H and O–H groups in total. The van der Waals surface area contributed by atoms with Gasteiger partial charge in [0.25, 0.3) is 0 Å². The minimum atomic E-state index is 0.0303. The summed E-state index contributed by atoms with van der Waals surface area (Å²) in [6.07, 6.45) is 5.67. The number of nitrogens with one attached hydrogen (secondary N) is 1. The highest BCUT2D eigenvalue weighted by Gasteiger charge is 2.27. The molecular weight excluding hydrogens is 442 g/mol. The van der Waals surface area contributed by atoms with E-state index in [2.05, 4.69) is 96.0 Å². The molecule has 2 saturated heterocycles. The van der Waals surface area contributed by atoms with E-state index in [4.69, 9.17) is 0 Å². The summed E-state index contributed by atoms with van der Waals surface area (Å²) in [5.74, 6) is 1.30. The Kier molecular flexibility index (Phi) is 8.02. The molecule has 0 radical (unpaired) electrons. The Morgan fingerprint density at radius 3 is 2.11 bits per heavy atom. The van der Waals surface area contributed by atoms with Crippen molar-refractivity contribution in [1.29, 1.82) is 0 Å². The van der Waals surface area contributed by atoms with E-state index in [-0.39, 0.29) is 12.1 Å². The molecule has 188 valence electrons. The van der Waals surface area contributed by atoms with Gasteiger partial charge >= 0.3 is 6.03 Å². The van der Waals surface area contributed by atoms with E-state index in [1.54, 1.807) is 0 Å². The van der Waals surface area contributed by atoms with Crippen molar-refractivity contribution in [2.75, 3.05) is 31.5 Å². The minimum absolute atomic E-state index is 0.0303. The Labute approximate surface area is 216 Å². The number of nitrogens with zero attached hydrogens (tertiary/aromatic N) is 2. The summed E-state index contributed by atoms with van der Waals surface area (Å²) in [5, 5.41) is 3.26. The number of carbonyl (C=O) groups excluding carboxylic acids is 1. The maximum atomic E-state index is 13.2. The lowest BCUT2D eigenvalue weighted by atomic mass is 9.89. The lowest BCUT2D eigenvalue weighted by Gasteiger charge is -2.37. The maximum Gasteiger partial charge on any atom is 0.321 e. The average Bonchev–Trinajstić information content (AvgIpc) is 2.94. The van der Waals surface area contributed by atoms with E-state index in [9.17, 15) is 4.79 Å². The highest BCUT2D eigenvalue weighted by atomic mass is 16.2. The molecule has 2 fully saturated rings. The quantitative estimate of drug-likeness (QED) is 0.407. The van der Waals surface area contributed by atoms with Gasteiger partial charge in [-0.2, -0.15) is 0 Å². The zero-order valence-electron chi connectivity index (χ0n) is 21.5. The first-order valence-corrected chi connectivity index (χ1v) is 13.6. The summed E-state index contributed by atoms with van der Waals surface area (Å²) in [4.78, 5) is 17.7.